The van der Waals surface area contributed by atoms with E-state index in [0.717, 1.165) is 0 Å². The number of carbonyl (C=O) groups is 1. The van der Waals surface area contributed by atoms with Gasteiger partial charge in [-0.2, -0.15) is 0 Å². The number of nitrogens with zero attached hydrogens (tertiary/aromatic N) is 3. The summed E-state index contributed by atoms with van der Waals surface area (Å²) in [7, 11) is 0. The van der Waals surface area contributed by atoms with Crippen molar-refractivity contribution in [2.24, 2.45) is 5.73 Å². The van der Waals surface area contributed by atoms with Gasteiger partial charge in [-0.3, -0.25) is 14.8 Å². The minimum absolute atomic E-state index is 0.0826. The van der Waals surface area contributed by atoms with Crippen LogP contribution in [0, 0.1) is 0 Å². The molecule has 2 aromatic heterocycles. The third-order valence-electron chi connectivity index (χ3n) is 1.89. The molecule has 0 saturated heterocycles. The Hall–Kier alpha value is -2.01. The maximum Gasteiger partial charge on any atom is 0.268 e. The molecule has 0 fully saturated rings. The molecule has 1 amide bonds. The lowest BCUT2D eigenvalue weighted by Gasteiger charge is -2.02. The molecular formula is C10H7ClN4O. The number of hydrogen-bond acceptors (Lipinski definition) is 4. The topological polar surface area (TPSA) is 81.8 Å². The fourth-order valence-electron chi connectivity index (χ4n) is 1.17. The number of pyridine rings is 1. The van der Waals surface area contributed by atoms with Crippen LogP contribution in [0.2, 0.25) is 5.02 Å². The van der Waals surface area contributed by atoms with Crippen molar-refractivity contribution in [2.75, 3.05) is 0 Å². The van der Waals surface area contributed by atoms with E-state index in [0.29, 0.717) is 16.4 Å². The maximum absolute atomic E-state index is 10.9. The number of rotatable bonds is 2. The van der Waals surface area contributed by atoms with Crippen LogP contribution in [-0.4, -0.2) is 20.9 Å². The number of halogens is 1. The number of aromatic nitrogens is 3. The quantitative estimate of drug-likeness (QED) is 0.849. The van der Waals surface area contributed by atoms with Crippen molar-refractivity contribution in [3.05, 3.63) is 41.4 Å². The molecule has 0 radical (unpaired) electrons. The smallest absolute Gasteiger partial charge is 0.268 e. The van der Waals surface area contributed by atoms with E-state index in [1.807, 2.05) is 0 Å². The summed E-state index contributed by atoms with van der Waals surface area (Å²) < 4.78 is 0. The van der Waals surface area contributed by atoms with Crippen molar-refractivity contribution in [3.63, 3.8) is 0 Å². The predicted molar refractivity (Wildman–Crippen MR) is 58.8 cm³/mol. The highest BCUT2D eigenvalue weighted by molar-refractivity contribution is 6.32. The molecule has 0 saturated carbocycles. The Balaban J connectivity index is 2.53. The van der Waals surface area contributed by atoms with Crippen molar-refractivity contribution >= 4 is 17.5 Å². The normalized spacial score (nSPS) is 10.1. The second kappa shape index (κ2) is 4.24. The Morgan fingerprint density at radius 1 is 1.38 bits per heavy atom. The molecule has 6 heteroatoms. The zero-order valence-electron chi connectivity index (χ0n) is 8.09. The molecule has 0 aliphatic rings. The van der Waals surface area contributed by atoms with Crippen molar-refractivity contribution in [3.8, 4) is 11.4 Å². The summed E-state index contributed by atoms with van der Waals surface area (Å²) in [5.74, 6) is -0.638. The molecular weight excluding hydrogens is 228 g/mol. The highest BCUT2D eigenvalue weighted by atomic mass is 35.5. The Morgan fingerprint density at radius 3 is 2.88 bits per heavy atom. The van der Waals surface area contributed by atoms with Gasteiger partial charge < -0.3 is 5.73 Å². The zero-order valence-corrected chi connectivity index (χ0v) is 8.85. The van der Waals surface area contributed by atoms with E-state index in [2.05, 4.69) is 15.0 Å². The zero-order chi connectivity index (χ0) is 11.5. The number of amides is 1. The number of nitrogens with two attached hydrogens (primary N) is 1. The largest absolute Gasteiger partial charge is 0.364 e. The minimum Gasteiger partial charge on any atom is -0.364 e. The van der Waals surface area contributed by atoms with Crippen LogP contribution in [0.3, 0.4) is 0 Å². The van der Waals surface area contributed by atoms with E-state index in [1.165, 1.54) is 12.4 Å². The molecule has 2 heterocycles. The van der Waals surface area contributed by atoms with Crippen LogP contribution in [0.25, 0.3) is 11.4 Å². The van der Waals surface area contributed by atoms with Crippen molar-refractivity contribution < 1.29 is 4.79 Å². The van der Waals surface area contributed by atoms with E-state index >= 15 is 0 Å². The van der Waals surface area contributed by atoms with E-state index in [9.17, 15) is 4.79 Å². The molecule has 0 aliphatic heterocycles. The number of hydrogen-bond donors (Lipinski definition) is 1. The minimum atomic E-state index is -0.638. The molecule has 0 aromatic carbocycles. The Kier molecular flexibility index (Phi) is 2.78. The van der Waals surface area contributed by atoms with Gasteiger partial charge in [0.15, 0.2) is 0 Å². The van der Waals surface area contributed by atoms with Gasteiger partial charge in [0, 0.05) is 6.20 Å². The number of carbonyl (C=O) groups excluding carboxylic acids is 1. The van der Waals surface area contributed by atoms with Gasteiger partial charge in [-0.25, -0.2) is 4.98 Å². The first kappa shape index (κ1) is 10.5. The molecule has 0 spiro atoms. The summed E-state index contributed by atoms with van der Waals surface area (Å²) >= 11 is 5.94. The standard InChI is InChI=1S/C10H7ClN4O/c11-6-2-1-3-14-9(6)7-4-13-5-8(15-7)10(12)16/h1-5H,(H2,12,16). The first-order chi connectivity index (χ1) is 7.68. The Morgan fingerprint density at radius 2 is 2.19 bits per heavy atom. The second-order valence-electron chi connectivity index (χ2n) is 2.99. The van der Waals surface area contributed by atoms with Crippen molar-refractivity contribution in [1.29, 1.82) is 0 Å². The molecule has 0 aliphatic carbocycles. The second-order valence-corrected chi connectivity index (χ2v) is 3.39. The molecule has 2 N–H and O–H groups in total. The first-order valence-corrected chi connectivity index (χ1v) is 4.79. The maximum atomic E-state index is 10.9. The monoisotopic (exact) mass is 234 g/mol. The summed E-state index contributed by atoms with van der Waals surface area (Å²) in [6.45, 7) is 0. The molecule has 2 aromatic rings. The summed E-state index contributed by atoms with van der Waals surface area (Å²) in [5.41, 5.74) is 6.08. The van der Waals surface area contributed by atoms with Crippen LogP contribution < -0.4 is 5.73 Å². The number of primary amides is 1. The lowest BCUT2D eigenvalue weighted by molar-refractivity contribution is 0.0995. The van der Waals surface area contributed by atoms with Crippen LogP contribution in [0.5, 0.6) is 0 Å². The highest BCUT2D eigenvalue weighted by Gasteiger charge is 2.09. The van der Waals surface area contributed by atoms with Crippen LogP contribution in [0.4, 0.5) is 0 Å². The fourth-order valence-corrected chi connectivity index (χ4v) is 1.39. The van der Waals surface area contributed by atoms with Crippen molar-refractivity contribution in [2.45, 2.75) is 0 Å². The van der Waals surface area contributed by atoms with E-state index < -0.39 is 5.91 Å². The van der Waals surface area contributed by atoms with Gasteiger partial charge >= 0.3 is 0 Å². The lowest BCUT2D eigenvalue weighted by Crippen LogP contribution is -2.13. The molecule has 5 nitrogen and oxygen atoms in total. The van der Waals surface area contributed by atoms with E-state index in [4.69, 9.17) is 17.3 Å². The summed E-state index contributed by atoms with van der Waals surface area (Å²) in [5, 5.41) is 0.443. The van der Waals surface area contributed by atoms with Gasteiger partial charge in [0.2, 0.25) is 0 Å². The SMILES string of the molecule is NC(=O)c1cncc(-c2ncccc2Cl)n1. The third kappa shape index (κ3) is 1.99. The molecule has 80 valence electrons. The van der Waals surface area contributed by atoms with Gasteiger partial charge in [0.05, 0.1) is 17.4 Å². The third-order valence-corrected chi connectivity index (χ3v) is 2.19. The molecule has 0 bridgehead atoms. The van der Waals surface area contributed by atoms with Crippen LogP contribution in [0.15, 0.2) is 30.7 Å². The van der Waals surface area contributed by atoms with Crippen LogP contribution in [-0.2, 0) is 0 Å². The van der Waals surface area contributed by atoms with Gasteiger partial charge in [0.25, 0.3) is 5.91 Å². The molecule has 0 unspecified atom stereocenters. The van der Waals surface area contributed by atoms with E-state index in [1.54, 1.807) is 18.3 Å². The lowest BCUT2D eigenvalue weighted by atomic mass is 10.2. The molecule has 0 atom stereocenters. The van der Waals surface area contributed by atoms with Crippen LogP contribution >= 0.6 is 11.6 Å². The fraction of sp³-hybridized carbons (Fsp3) is 0. The van der Waals surface area contributed by atoms with Crippen LogP contribution in [0.1, 0.15) is 10.5 Å². The average Bonchev–Trinajstić information content (AvgIpc) is 2.30. The van der Waals surface area contributed by atoms with E-state index in [-0.39, 0.29) is 5.69 Å². The molecule has 2 rings (SSSR count). The Bertz CT molecular complexity index is 544. The van der Waals surface area contributed by atoms with Gasteiger partial charge in [-0.15, -0.1) is 0 Å². The summed E-state index contributed by atoms with van der Waals surface area (Å²) in [4.78, 5) is 22.9. The average molecular weight is 235 g/mol. The summed E-state index contributed by atoms with van der Waals surface area (Å²) in [6.07, 6.45) is 4.35. The van der Waals surface area contributed by atoms with Gasteiger partial charge in [-0.1, -0.05) is 11.6 Å². The van der Waals surface area contributed by atoms with Crippen molar-refractivity contribution in [1.82, 2.24) is 15.0 Å². The molecule has 16 heavy (non-hydrogen) atoms. The summed E-state index contributed by atoms with van der Waals surface area (Å²) in [6, 6.07) is 3.39. The van der Waals surface area contributed by atoms with Gasteiger partial charge in [0.1, 0.15) is 17.1 Å². The predicted octanol–water partition coefficient (Wildman–Crippen LogP) is 1.29. The first-order valence-electron chi connectivity index (χ1n) is 4.41. The highest BCUT2D eigenvalue weighted by Crippen LogP contribution is 2.22. The van der Waals surface area contributed by atoms with Gasteiger partial charge in [-0.05, 0) is 12.1 Å². The Labute approximate surface area is 96.3 Å².